The molecule has 13 heavy (non-hydrogen) atoms. The molecule has 0 atom stereocenters. The molecule has 1 aromatic carbocycles. The van der Waals surface area contributed by atoms with E-state index in [0.29, 0.717) is 11.3 Å². The Morgan fingerprint density at radius 3 is 3.00 bits per heavy atom. The first kappa shape index (κ1) is 8.66. The number of anilines is 1. The number of hydrogen-bond acceptors (Lipinski definition) is 3. The topological polar surface area (TPSA) is 46.2 Å². The summed E-state index contributed by atoms with van der Waals surface area (Å²) in [5, 5.41) is 12.5. The predicted octanol–water partition coefficient (Wildman–Crippen LogP) is 2.93. The van der Waals surface area contributed by atoms with E-state index in [4.69, 9.17) is 17.3 Å². The molecular weight excluding hydrogens is 206 g/mol. The number of fused-ring (bicyclic) bond motifs is 1. The second-order valence-corrected chi connectivity index (χ2v) is 3.97. The van der Waals surface area contributed by atoms with Crippen LogP contribution in [0.15, 0.2) is 17.5 Å². The molecule has 1 heterocycles. The molecule has 0 fully saturated rings. The number of nitrogen functional groups attached to an aromatic ring is 1. The average Bonchev–Trinajstić information content (AvgIpc) is 2.53. The molecule has 0 spiro atoms. The summed E-state index contributed by atoms with van der Waals surface area (Å²) in [5.41, 5.74) is 6.90. The van der Waals surface area contributed by atoms with E-state index in [-0.39, 0.29) is 11.6 Å². The summed E-state index contributed by atoms with van der Waals surface area (Å²) in [4.78, 5) is 0. The van der Waals surface area contributed by atoms with Gasteiger partial charge in [-0.25, -0.2) is 0 Å². The third-order valence-corrected chi connectivity index (χ3v) is 3.14. The van der Waals surface area contributed by atoms with Crippen molar-refractivity contribution in [3.8, 4) is 5.75 Å². The van der Waals surface area contributed by atoms with Crippen molar-refractivity contribution in [1.82, 2.24) is 0 Å². The maximum Gasteiger partial charge on any atom is 0.130 e. The average molecular weight is 214 g/mol. The summed E-state index contributed by atoms with van der Waals surface area (Å²) in [6.07, 6.45) is 0. The maximum atomic E-state index is 9.76. The molecule has 3 N–H and O–H groups in total. The molecular formula is C9H8ClNOS. The highest BCUT2D eigenvalue weighted by molar-refractivity contribution is 7.17. The third-order valence-electron chi connectivity index (χ3n) is 2.00. The molecule has 0 unspecified atom stereocenters. The van der Waals surface area contributed by atoms with E-state index in [1.807, 2.05) is 17.5 Å². The van der Waals surface area contributed by atoms with Crippen LogP contribution in [-0.2, 0) is 5.88 Å². The van der Waals surface area contributed by atoms with E-state index in [0.717, 1.165) is 10.1 Å². The molecule has 0 amide bonds. The summed E-state index contributed by atoms with van der Waals surface area (Å²) in [5.74, 6) is 0.454. The van der Waals surface area contributed by atoms with E-state index in [9.17, 15) is 5.11 Å². The molecule has 0 aliphatic carbocycles. The first-order valence-electron chi connectivity index (χ1n) is 3.77. The summed E-state index contributed by atoms with van der Waals surface area (Å²) in [6.45, 7) is 0. The van der Waals surface area contributed by atoms with Gasteiger partial charge in [0.2, 0.25) is 0 Å². The fourth-order valence-electron chi connectivity index (χ4n) is 1.30. The lowest BCUT2D eigenvalue weighted by molar-refractivity contribution is 0.477. The van der Waals surface area contributed by atoms with Gasteiger partial charge in [-0.05, 0) is 17.5 Å². The predicted molar refractivity (Wildman–Crippen MR) is 57.5 cm³/mol. The van der Waals surface area contributed by atoms with Gasteiger partial charge in [-0.3, -0.25) is 0 Å². The van der Waals surface area contributed by atoms with E-state index in [1.165, 1.54) is 0 Å². The summed E-state index contributed by atoms with van der Waals surface area (Å²) < 4.78 is 0.990. The van der Waals surface area contributed by atoms with Gasteiger partial charge in [0.05, 0.1) is 5.88 Å². The van der Waals surface area contributed by atoms with Crippen LogP contribution < -0.4 is 5.73 Å². The fraction of sp³-hybridized carbons (Fsp3) is 0.111. The number of rotatable bonds is 1. The molecule has 68 valence electrons. The van der Waals surface area contributed by atoms with Gasteiger partial charge < -0.3 is 10.8 Å². The van der Waals surface area contributed by atoms with Crippen LogP contribution in [0.5, 0.6) is 5.75 Å². The van der Waals surface area contributed by atoms with Gasteiger partial charge in [0, 0.05) is 21.3 Å². The van der Waals surface area contributed by atoms with E-state index in [2.05, 4.69) is 0 Å². The van der Waals surface area contributed by atoms with Crippen molar-refractivity contribution in [2.45, 2.75) is 5.88 Å². The molecule has 2 rings (SSSR count). The van der Waals surface area contributed by atoms with Crippen LogP contribution in [0.1, 0.15) is 5.56 Å². The van der Waals surface area contributed by atoms with Crippen molar-refractivity contribution < 1.29 is 5.11 Å². The molecule has 0 saturated heterocycles. The molecule has 1 aromatic heterocycles. The number of phenols is 1. The normalized spacial score (nSPS) is 10.8. The molecule has 4 heteroatoms. The van der Waals surface area contributed by atoms with Crippen LogP contribution >= 0.6 is 22.9 Å². The highest BCUT2D eigenvalue weighted by Crippen LogP contribution is 2.36. The Kier molecular flexibility index (Phi) is 2.06. The van der Waals surface area contributed by atoms with Crippen LogP contribution in [-0.4, -0.2) is 5.11 Å². The van der Waals surface area contributed by atoms with E-state index < -0.39 is 0 Å². The Morgan fingerprint density at radius 2 is 2.31 bits per heavy atom. The Bertz CT molecular complexity index is 452. The first-order chi connectivity index (χ1) is 6.24. The van der Waals surface area contributed by atoms with Crippen LogP contribution in [0.3, 0.4) is 0 Å². The number of hydrogen-bond donors (Lipinski definition) is 2. The molecule has 2 nitrogen and oxygen atoms in total. The maximum absolute atomic E-state index is 9.76. The summed E-state index contributed by atoms with van der Waals surface area (Å²) in [7, 11) is 0. The number of alkyl halides is 1. The lowest BCUT2D eigenvalue weighted by Gasteiger charge is -2.05. The van der Waals surface area contributed by atoms with Gasteiger partial charge in [-0.2, -0.15) is 0 Å². The number of phenolic OH excluding ortho intramolecular Hbond substituents is 1. The summed E-state index contributed by atoms with van der Waals surface area (Å²) >= 11 is 7.22. The van der Waals surface area contributed by atoms with E-state index in [1.54, 1.807) is 11.3 Å². The van der Waals surface area contributed by atoms with Gasteiger partial charge >= 0.3 is 0 Å². The molecule has 0 saturated carbocycles. The van der Waals surface area contributed by atoms with Crippen molar-refractivity contribution in [2.24, 2.45) is 0 Å². The van der Waals surface area contributed by atoms with Crippen LogP contribution in [0, 0.1) is 0 Å². The van der Waals surface area contributed by atoms with Crippen molar-refractivity contribution in [2.75, 3.05) is 5.73 Å². The SMILES string of the molecule is Nc1cc2sccc2c(O)c1CCl. The van der Waals surface area contributed by atoms with Crippen LogP contribution in [0.2, 0.25) is 0 Å². The van der Waals surface area contributed by atoms with Crippen molar-refractivity contribution in [1.29, 1.82) is 0 Å². The molecule has 0 bridgehead atoms. The number of benzene rings is 1. The minimum absolute atomic E-state index is 0.214. The van der Waals surface area contributed by atoms with Gasteiger partial charge in [-0.15, -0.1) is 22.9 Å². The van der Waals surface area contributed by atoms with Gasteiger partial charge in [0.1, 0.15) is 5.75 Å². The number of halogens is 1. The van der Waals surface area contributed by atoms with Gasteiger partial charge in [-0.1, -0.05) is 0 Å². The van der Waals surface area contributed by atoms with Crippen molar-refractivity contribution in [3.05, 3.63) is 23.1 Å². The minimum Gasteiger partial charge on any atom is -0.507 e. The minimum atomic E-state index is 0.214. The Morgan fingerprint density at radius 1 is 1.54 bits per heavy atom. The lowest BCUT2D eigenvalue weighted by Crippen LogP contribution is -1.91. The number of thiophene rings is 1. The molecule has 2 aromatic rings. The first-order valence-corrected chi connectivity index (χ1v) is 5.19. The second-order valence-electron chi connectivity index (χ2n) is 2.76. The zero-order chi connectivity index (χ0) is 9.42. The molecule has 0 radical (unpaired) electrons. The van der Waals surface area contributed by atoms with Crippen molar-refractivity contribution >= 4 is 38.7 Å². The van der Waals surface area contributed by atoms with Crippen molar-refractivity contribution in [3.63, 3.8) is 0 Å². The smallest absolute Gasteiger partial charge is 0.130 e. The number of nitrogens with two attached hydrogens (primary N) is 1. The molecule has 0 aliphatic rings. The quantitative estimate of drug-likeness (QED) is 0.565. The van der Waals surface area contributed by atoms with E-state index >= 15 is 0 Å². The molecule has 0 aliphatic heterocycles. The standard InChI is InChI=1S/C9H8ClNOS/c10-4-6-7(11)3-8-5(9(6)12)1-2-13-8/h1-3,12H,4,11H2. The van der Waals surface area contributed by atoms with Crippen LogP contribution in [0.25, 0.3) is 10.1 Å². The highest BCUT2D eigenvalue weighted by Gasteiger charge is 2.10. The van der Waals surface area contributed by atoms with Crippen LogP contribution in [0.4, 0.5) is 5.69 Å². The largest absolute Gasteiger partial charge is 0.507 e. The Balaban J connectivity index is 2.85. The monoisotopic (exact) mass is 213 g/mol. The Hall–Kier alpha value is -0.930. The van der Waals surface area contributed by atoms with Gasteiger partial charge in [0.15, 0.2) is 0 Å². The lowest BCUT2D eigenvalue weighted by atomic mass is 10.1. The number of aromatic hydroxyl groups is 1. The van der Waals surface area contributed by atoms with Gasteiger partial charge in [0.25, 0.3) is 0 Å². The summed E-state index contributed by atoms with van der Waals surface area (Å²) in [6, 6.07) is 3.71. The third kappa shape index (κ3) is 1.24. The zero-order valence-electron chi connectivity index (χ0n) is 6.75. The highest BCUT2D eigenvalue weighted by atomic mass is 35.5. The second kappa shape index (κ2) is 3.09. The Labute approximate surface area is 84.6 Å². The fourth-order valence-corrected chi connectivity index (χ4v) is 2.41. The zero-order valence-corrected chi connectivity index (χ0v) is 8.32.